The summed E-state index contributed by atoms with van der Waals surface area (Å²) in [5, 5.41) is 17.4. The predicted molar refractivity (Wildman–Crippen MR) is 79.3 cm³/mol. The van der Waals surface area contributed by atoms with Crippen LogP contribution in [0.4, 0.5) is 0 Å². The molecular weight excluding hydrogens is 240 g/mol. The number of rotatable bonds is 6. The van der Waals surface area contributed by atoms with Crippen LogP contribution in [0.5, 0.6) is 5.75 Å². The lowest BCUT2D eigenvalue weighted by atomic mass is 10.1. The van der Waals surface area contributed by atoms with Crippen LogP contribution in [-0.2, 0) is 4.74 Å². The molecule has 19 heavy (non-hydrogen) atoms. The van der Waals surface area contributed by atoms with Crippen molar-refractivity contribution >= 4 is 0 Å². The number of aliphatic hydroxyl groups is 1. The van der Waals surface area contributed by atoms with E-state index in [1.54, 1.807) is 24.3 Å². The minimum atomic E-state index is -0.163. The van der Waals surface area contributed by atoms with Crippen LogP contribution in [0.2, 0.25) is 0 Å². The predicted octanol–water partition coefficient (Wildman–Crippen LogP) is 3.60. The maximum atomic E-state index is 8.73. The van der Waals surface area contributed by atoms with Gasteiger partial charge in [0.2, 0.25) is 0 Å². The van der Waals surface area contributed by atoms with Gasteiger partial charge in [0, 0.05) is 13.2 Å². The number of hydrogen-bond acceptors (Lipinski definition) is 3. The van der Waals surface area contributed by atoms with Crippen molar-refractivity contribution in [2.75, 3.05) is 13.2 Å². The molecule has 0 saturated heterocycles. The van der Waals surface area contributed by atoms with E-state index in [0.29, 0.717) is 18.1 Å². The summed E-state index contributed by atoms with van der Waals surface area (Å²) in [4.78, 5) is 0. The molecule has 110 valence electrons. The highest BCUT2D eigenvalue weighted by molar-refractivity contribution is 5.18. The zero-order chi connectivity index (χ0) is 14.7. The van der Waals surface area contributed by atoms with Crippen LogP contribution < -0.4 is 0 Å². The van der Waals surface area contributed by atoms with Crippen molar-refractivity contribution in [3.63, 3.8) is 0 Å². The molecule has 1 rings (SSSR count). The van der Waals surface area contributed by atoms with Crippen molar-refractivity contribution in [1.29, 1.82) is 0 Å². The molecule has 0 radical (unpaired) electrons. The van der Waals surface area contributed by atoms with E-state index in [-0.39, 0.29) is 12.2 Å². The standard InChI is InChI=1S/C10H22O2.C6H6O/c1-9(2)5-8-12-10(3,4)6-7-11;7-6-4-2-1-3-5-6/h9,11H,5-8H2,1-4H3;1-5,7H. The Morgan fingerprint density at radius 2 is 1.74 bits per heavy atom. The zero-order valence-corrected chi connectivity index (χ0v) is 12.6. The maximum absolute atomic E-state index is 8.73. The number of aliphatic hydroxyl groups excluding tert-OH is 1. The van der Waals surface area contributed by atoms with Crippen LogP contribution in [0.3, 0.4) is 0 Å². The first-order valence-corrected chi connectivity index (χ1v) is 6.86. The van der Waals surface area contributed by atoms with Crippen LogP contribution >= 0.6 is 0 Å². The molecule has 2 N–H and O–H groups in total. The highest BCUT2D eigenvalue weighted by atomic mass is 16.5. The second-order valence-electron chi connectivity index (χ2n) is 5.60. The fraction of sp³-hybridized carbons (Fsp3) is 0.625. The molecule has 0 aliphatic carbocycles. The number of aromatic hydroxyl groups is 1. The summed E-state index contributed by atoms with van der Waals surface area (Å²) in [6.45, 7) is 9.40. The summed E-state index contributed by atoms with van der Waals surface area (Å²) in [6.07, 6.45) is 1.81. The molecule has 3 heteroatoms. The monoisotopic (exact) mass is 268 g/mol. The Morgan fingerprint density at radius 3 is 2.11 bits per heavy atom. The summed E-state index contributed by atoms with van der Waals surface area (Å²) >= 11 is 0. The molecule has 1 aromatic rings. The molecule has 0 saturated carbocycles. The van der Waals surface area contributed by atoms with Crippen molar-refractivity contribution in [3.8, 4) is 5.75 Å². The maximum Gasteiger partial charge on any atom is 0.115 e. The molecule has 0 aromatic heterocycles. The number of phenolic OH excluding ortho intramolecular Hbond substituents is 1. The third-order valence-corrected chi connectivity index (χ3v) is 2.66. The molecule has 0 bridgehead atoms. The van der Waals surface area contributed by atoms with E-state index in [0.717, 1.165) is 13.0 Å². The quantitative estimate of drug-likeness (QED) is 0.828. The van der Waals surface area contributed by atoms with Crippen LogP contribution in [0.1, 0.15) is 40.5 Å². The van der Waals surface area contributed by atoms with Gasteiger partial charge < -0.3 is 14.9 Å². The van der Waals surface area contributed by atoms with Crippen LogP contribution in [0, 0.1) is 5.92 Å². The first kappa shape index (κ1) is 17.9. The van der Waals surface area contributed by atoms with E-state index < -0.39 is 0 Å². The minimum Gasteiger partial charge on any atom is -0.508 e. The first-order chi connectivity index (χ1) is 8.87. The lowest BCUT2D eigenvalue weighted by Gasteiger charge is -2.24. The van der Waals surface area contributed by atoms with Crippen molar-refractivity contribution < 1.29 is 14.9 Å². The van der Waals surface area contributed by atoms with Gasteiger partial charge in [0.25, 0.3) is 0 Å². The van der Waals surface area contributed by atoms with E-state index in [1.807, 2.05) is 19.9 Å². The van der Waals surface area contributed by atoms with Gasteiger partial charge in [-0.05, 0) is 44.7 Å². The van der Waals surface area contributed by atoms with E-state index in [1.165, 1.54) is 0 Å². The number of hydrogen-bond donors (Lipinski definition) is 2. The second kappa shape index (κ2) is 9.82. The van der Waals surface area contributed by atoms with Crippen molar-refractivity contribution in [2.45, 2.75) is 46.1 Å². The summed E-state index contributed by atoms with van der Waals surface area (Å²) < 4.78 is 5.62. The molecular formula is C16H28O3. The molecule has 0 atom stereocenters. The number of benzene rings is 1. The molecule has 0 unspecified atom stereocenters. The Kier molecular flexibility index (Phi) is 9.27. The Labute approximate surface area is 117 Å². The second-order valence-corrected chi connectivity index (χ2v) is 5.60. The van der Waals surface area contributed by atoms with Crippen molar-refractivity contribution in [3.05, 3.63) is 30.3 Å². The van der Waals surface area contributed by atoms with Gasteiger partial charge in [-0.2, -0.15) is 0 Å². The fourth-order valence-electron chi connectivity index (χ4n) is 1.34. The smallest absolute Gasteiger partial charge is 0.115 e. The highest BCUT2D eigenvalue weighted by Gasteiger charge is 2.16. The Balaban J connectivity index is 0.000000388. The number of phenols is 1. The highest BCUT2D eigenvalue weighted by Crippen LogP contribution is 2.14. The van der Waals surface area contributed by atoms with Gasteiger partial charge in [0.15, 0.2) is 0 Å². The van der Waals surface area contributed by atoms with Gasteiger partial charge in [0.1, 0.15) is 5.75 Å². The summed E-state index contributed by atoms with van der Waals surface area (Å²) in [7, 11) is 0. The number of para-hydroxylation sites is 1. The molecule has 0 fully saturated rings. The fourth-order valence-corrected chi connectivity index (χ4v) is 1.34. The summed E-state index contributed by atoms with van der Waals surface area (Å²) in [5.74, 6) is 1.01. The van der Waals surface area contributed by atoms with Gasteiger partial charge in [-0.1, -0.05) is 32.0 Å². The Morgan fingerprint density at radius 1 is 1.16 bits per heavy atom. The molecule has 0 amide bonds. The lowest BCUT2D eigenvalue weighted by molar-refractivity contribution is -0.0364. The van der Waals surface area contributed by atoms with E-state index >= 15 is 0 Å². The van der Waals surface area contributed by atoms with E-state index in [2.05, 4.69) is 13.8 Å². The minimum absolute atomic E-state index is 0.163. The summed E-state index contributed by atoms with van der Waals surface area (Å²) in [5.41, 5.74) is -0.163. The normalized spacial score (nSPS) is 11.1. The van der Waals surface area contributed by atoms with Gasteiger partial charge in [-0.3, -0.25) is 0 Å². The first-order valence-electron chi connectivity index (χ1n) is 6.86. The average Bonchev–Trinajstić information content (AvgIpc) is 2.29. The molecule has 0 heterocycles. The topological polar surface area (TPSA) is 49.7 Å². The molecule has 1 aromatic carbocycles. The van der Waals surface area contributed by atoms with Crippen LogP contribution in [0.15, 0.2) is 30.3 Å². The molecule has 0 aliphatic rings. The average molecular weight is 268 g/mol. The van der Waals surface area contributed by atoms with Crippen LogP contribution in [-0.4, -0.2) is 29.0 Å². The van der Waals surface area contributed by atoms with Gasteiger partial charge in [0.05, 0.1) is 5.60 Å². The summed E-state index contributed by atoms with van der Waals surface area (Å²) in [6, 6.07) is 8.71. The van der Waals surface area contributed by atoms with E-state index in [4.69, 9.17) is 14.9 Å². The number of ether oxygens (including phenoxy) is 1. The third-order valence-electron chi connectivity index (χ3n) is 2.66. The van der Waals surface area contributed by atoms with Crippen LogP contribution in [0.25, 0.3) is 0 Å². The molecule has 3 nitrogen and oxygen atoms in total. The van der Waals surface area contributed by atoms with Crippen molar-refractivity contribution in [1.82, 2.24) is 0 Å². The SMILES string of the molecule is CC(C)CCOC(C)(C)CCO.Oc1ccccc1. The van der Waals surface area contributed by atoms with Gasteiger partial charge in [-0.25, -0.2) is 0 Å². The molecule has 0 aliphatic heterocycles. The Hall–Kier alpha value is -1.06. The van der Waals surface area contributed by atoms with E-state index in [9.17, 15) is 0 Å². The van der Waals surface area contributed by atoms with Gasteiger partial charge >= 0.3 is 0 Å². The van der Waals surface area contributed by atoms with Gasteiger partial charge in [-0.15, -0.1) is 0 Å². The largest absolute Gasteiger partial charge is 0.508 e. The third kappa shape index (κ3) is 11.7. The molecule has 0 spiro atoms. The van der Waals surface area contributed by atoms with Crippen molar-refractivity contribution in [2.24, 2.45) is 5.92 Å². The zero-order valence-electron chi connectivity index (χ0n) is 12.6. The Bertz CT molecular complexity index is 307. The lowest BCUT2D eigenvalue weighted by Crippen LogP contribution is -2.26.